The van der Waals surface area contributed by atoms with Gasteiger partial charge in [0.25, 0.3) is 11.6 Å². The van der Waals surface area contributed by atoms with Crippen molar-refractivity contribution in [1.82, 2.24) is 15.2 Å². The number of rotatable bonds is 5. The molecule has 1 fully saturated rings. The Kier molecular flexibility index (Phi) is 4.70. The average molecular weight is 282 g/mol. The molecule has 1 aliphatic rings. The third-order valence-electron chi connectivity index (χ3n) is 3.17. The number of aromatic nitrogens is 1. The molecule has 1 aromatic heterocycles. The molecular weight excluding hydrogens is 264 g/mol. The first kappa shape index (κ1) is 14.5. The second-order valence-corrected chi connectivity index (χ2v) is 4.56. The van der Waals surface area contributed by atoms with Crippen molar-refractivity contribution >= 4 is 11.6 Å². The molecule has 110 valence electrons. The van der Waals surface area contributed by atoms with Crippen LogP contribution >= 0.6 is 0 Å². The van der Waals surface area contributed by atoms with Crippen molar-refractivity contribution in [3.05, 3.63) is 28.1 Å². The highest BCUT2D eigenvalue weighted by atomic mass is 16.6. The minimum atomic E-state index is -0.501. The van der Waals surface area contributed by atoms with Gasteiger partial charge in [-0.15, -0.1) is 0 Å². The van der Waals surface area contributed by atoms with Crippen LogP contribution in [0, 0.1) is 10.1 Å². The standard InChI is InChI=1S/C12H18N4O4/c1-2-15-7-10(16(18)19)5-11(15)12(17)14-6-9-8-20-4-3-13-9/h5,7,9,13H,2-4,6,8H2,1H3,(H,14,17). The summed E-state index contributed by atoms with van der Waals surface area (Å²) in [5, 5.41) is 16.7. The predicted molar refractivity (Wildman–Crippen MR) is 71.7 cm³/mol. The van der Waals surface area contributed by atoms with E-state index in [1.54, 1.807) is 4.57 Å². The van der Waals surface area contributed by atoms with Crippen LogP contribution in [0.3, 0.4) is 0 Å². The van der Waals surface area contributed by atoms with E-state index in [1.807, 2.05) is 6.92 Å². The molecule has 1 saturated heterocycles. The van der Waals surface area contributed by atoms with E-state index in [4.69, 9.17) is 4.74 Å². The Morgan fingerprint density at radius 3 is 3.10 bits per heavy atom. The number of hydrogen-bond donors (Lipinski definition) is 2. The maximum Gasteiger partial charge on any atom is 0.287 e. The zero-order valence-corrected chi connectivity index (χ0v) is 11.3. The fraction of sp³-hybridized carbons (Fsp3) is 0.583. The lowest BCUT2D eigenvalue weighted by Crippen LogP contribution is -2.48. The van der Waals surface area contributed by atoms with Crippen LogP contribution in [0.5, 0.6) is 0 Å². The molecule has 0 aromatic carbocycles. The van der Waals surface area contributed by atoms with Crippen LogP contribution in [0.15, 0.2) is 12.3 Å². The Balaban J connectivity index is 1.99. The van der Waals surface area contributed by atoms with Crippen LogP contribution in [0.2, 0.25) is 0 Å². The van der Waals surface area contributed by atoms with Crippen molar-refractivity contribution in [2.45, 2.75) is 19.5 Å². The van der Waals surface area contributed by atoms with Gasteiger partial charge < -0.3 is 19.9 Å². The first-order valence-corrected chi connectivity index (χ1v) is 6.55. The third-order valence-corrected chi connectivity index (χ3v) is 3.17. The van der Waals surface area contributed by atoms with Crippen LogP contribution in [0.1, 0.15) is 17.4 Å². The van der Waals surface area contributed by atoms with Crippen molar-refractivity contribution in [3.63, 3.8) is 0 Å². The van der Waals surface area contributed by atoms with Crippen LogP contribution in [0.25, 0.3) is 0 Å². The summed E-state index contributed by atoms with van der Waals surface area (Å²) in [6, 6.07) is 1.37. The maximum atomic E-state index is 12.1. The highest BCUT2D eigenvalue weighted by Gasteiger charge is 2.20. The van der Waals surface area contributed by atoms with Crippen molar-refractivity contribution in [2.75, 3.05) is 26.3 Å². The molecular formula is C12H18N4O4. The van der Waals surface area contributed by atoms with Crippen molar-refractivity contribution in [3.8, 4) is 0 Å². The van der Waals surface area contributed by atoms with E-state index >= 15 is 0 Å². The number of nitrogens with one attached hydrogen (secondary N) is 2. The highest BCUT2D eigenvalue weighted by molar-refractivity contribution is 5.93. The Bertz CT molecular complexity index is 494. The smallest absolute Gasteiger partial charge is 0.287 e. The first-order valence-electron chi connectivity index (χ1n) is 6.55. The van der Waals surface area contributed by atoms with Gasteiger partial charge in [0, 0.05) is 31.7 Å². The number of amides is 1. The summed E-state index contributed by atoms with van der Waals surface area (Å²) in [6.07, 6.45) is 1.37. The number of hydrogen-bond acceptors (Lipinski definition) is 5. The number of carbonyl (C=O) groups is 1. The van der Waals surface area contributed by atoms with Crippen LogP contribution < -0.4 is 10.6 Å². The molecule has 0 radical (unpaired) electrons. The molecule has 0 saturated carbocycles. The van der Waals surface area contributed by atoms with Gasteiger partial charge in [-0.25, -0.2) is 0 Å². The molecule has 1 aromatic rings. The van der Waals surface area contributed by atoms with Gasteiger partial charge in [-0.05, 0) is 6.92 Å². The SMILES string of the molecule is CCn1cc([N+](=O)[O-])cc1C(=O)NCC1COCCN1. The van der Waals surface area contributed by atoms with Gasteiger partial charge in [-0.2, -0.15) is 0 Å². The number of morpholine rings is 1. The second-order valence-electron chi connectivity index (χ2n) is 4.56. The molecule has 0 aliphatic carbocycles. The van der Waals surface area contributed by atoms with E-state index < -0.39 is 4.92 Å². The van der Waals surface area contributed by atoms with E-state index in [1.165, 1.54) is 12.3 Å². The van der Waals surface area contributed by atoms with Gasteiger partial charge in [-0.3, -0.25) is 14.9 Å². The van der Waals surface area contributed by atoms with Gasteiger partial charge >= 0.3 is 0 Å². The Hall–Kier alpha value is -1.93. The number of ether oxygens (including phenoxy) is 1. The largest absolute Gasteiger partial charge is 0.378 e. The summed E-state index contributed by atoms with van der Waals surface area (Å²) in [7, 11) is 0. The molecule has 1 amide bonds. The van der Waals surface area contributed by atoms with Crippen LogP contribution in [-0.2, 0) is 11.3 Å². The highest BCUT2D eigenvalue weighted by Crippen LogP contribution is 2.16. The van der Waals surface area contributed by atoms with Crippen molar-refractivity contribution < 1.29 is 14.5 Å². The average Bonchev–Trinajstić information content (AvgIpc) is 2.90. The minimum absolute atomic E-state index is 0.0730. The van der Waals surface area contributed by atoms with Gasteiger partial charge in [0.1, 0.15) is 5.69 Å². The van der Waals surface area contributed by atoms with Gasteiger partial charge in [0.15, 0.2) is 0 Å². The van der Waals surface area contributed by atoms with Gasteiger partial charge in [0.2, 0.25) is 0 Å². The predicted octanol–water partition coefficient (Wildman–Crippen LogP) is 0.134. The summed E-state index contributed by atoms with van der Waals surface area (Å²) in [5.41, 5.74) is 0.229. The lowest BCUT2D eigenvalue weighted by atomic mass is 10.2. The van der Waals surface area contributed by atoms with Crippen LogP contribution in [0.4, 0.5) is 5.69 Å². The topological polar surface area (TPSA) is 98.4 Å². The van der Waals surface area contributed by atoms with E-state index in [9.17, 15) is 14.9 Å². The lowest BCUT2D eigenvalue weighted by Gasteiger charge is -2.23. The lowest BCUT2D eigenvalue weighted by molar-refractivity contribution is -0.384. The number of nitro groups is 1. The Labute approximate surface area is 116 Å². The van der Waals surface area contributed by atoms with Crippen molar-refractivity contribution in [1.29, 1.82) is 0 Å². The fourth-order valence-corrected chi connectivity index (χ4v) is 2.10. The molecule has 1 atom stereocenters. The fourth-order valence-electron chi connectivity index (χ4n) is 2.10. The zero-order chi connectivity index (χ0) is 14.5. The quantitative estimate of drug-likeness (QED) is 0.591. The van der Waals surface area contributed by atoms with Crippen LogP contribution in [-0.4, -0.2) is 47.7 Å². The molecule has 8 nitrogen and oxygen atoms in total. The number of nitrogens with zero attached hydrogens (tertiary/aromatic N) is 2. The Morgan fingerprint density at radius 2 is 2.50 bits per heavy atom. The minimum Gasteiger partial charge on any atom is -0.378 e. The van der Waals surface area contributed by atoms with E-state index in [0.717, 1.165) is 6.54 Å². The number of carbonyl (C=O) groups excluding carboxylic acids is 1. The molecule has 2 heterocycles. The van der Waals surface area contributed by atoms with E-state index in [0.29, 0.717) is 32.0 Å². The number of aryl methyl sites for hydroxylation is 1. The van der Waals surface area contributed by atoms with Gasteiger partial charge in [-0.1, -0.05) is 0 Å². The molecule has 0 spiro atoms. The normalized spacial score (nSPS) is 18.8. The van der Waals surface area contributed by atoms with E-state index in [-0.39, 0.29) is 17.6 Å². The second kappa shape index (κ2) is 6.49. The molecule has 2 N–H and O–H groups in total. The summed E-state index contributed by atoms with van der Waals surface area (Å²) in [5.74, 6) is -0.313. The molecule has 20 heavy (non-hydrogen) atoms. The third kappa shape index (κ3) is 3.34. The zero-order valence-electron chi connectivity index (χ0n) is 11.3. The summed E-state index contributed by atoms with van der Waals surface area (Å²) < 4.78 is 6.86. The summed E-state index contributed by atoms with van der Waals surface area (Å²) in [4.78, 5) is 22.3. The molecule has 1 aliphatic heterocycles. The summed E-state index contributed by atoms with van der Waals surface area (Å²) in [6.45, 7) is 4.75. The first-order chi connectivity index (χ1) is 9.61. The monoisotopic (exact) mass is 282 g/mol. The summed E-state index contributed by atoms with van der Waals surface area (Å²) >= 11 is 0. The maximum absolute atomic E-state index is 12.1. The van der Waals surface area contributed by atoms with E-state index in [2.05, 4.69) is 10.6 Å². The molecule has 8 heteroatoms. The molecule has 1 unspecified atom stereocenters. The van der Waals surface area contributed by atoms with Gasteiger partial charge in [0.05, 0.1) is 24.3 Å². The Morgan fingerprint density at radius 1 is 1.70 bits per heavy atom. The molecule has 2 rings (SSSR count). The van der Waals surface area contributed by atoms with Crippen molar-refractivity contribution in [2.24, 2.45) is 0 Å². The molecule has 0 bridgehead atoms.